The highest BCUT2D eigenvalue weighted by atomic mass is 19.1. The lowest BCUT2D eigenvalue weighted by molar-refractivity contribution is 0.0518. The van der Waals surface area contributed by atoms with Crippen molar-refractivity contribution in [1.29, 1.82) is 0 Å². The molecule has 282 valence electrons. The van der Waals surface area contributed by atoms with E-state index in [1.165, 1.54) is 12.1 Å². The maximum Gasteiger partial charge on any atom is 0.358 e. The molecule has 0 aliphatic carbocycles. The number of rotatable bonds is 5. The molecule has 2 aliphatic rings. The number of hydrogen-bond acceptors (Lipinski definition) is 7. The molecule has 0 saturated heterocycles. The number of hydrogen-bond donors (Lipinski definition) is 1. The van der Waals surface area contributed by atoms with Gasteiger partial charge in [-0.2, -0.15) is 0 Å². The summed E-state index contributed by atoms with van der Waals surface area (Å²) in [6.45, 7) is 5.67. The van der Waals surface area contributed by atoms with Crippen molar-refractivity contribution >= 4 is 23.3 Å². The average Bonchev–Trinajstić information content (AvgIpc) is 3.83. The van der Waals surface area contributed by atoms with E-state index in [0.29, 0.717) is 67.6 Å². The van der Waals surface area contributed by atoms with Crippen LogP contribution in [0.2, 0.25) is 0 Å². The fraction of sp³-hybridized carbons (Fsp3) is 0.156. The van der Waals surface area contributed by atoms with Gasteiger partial charge in [-0.3, -0.25) is 23.9 Å². The minimum Gasteiger partial charge on any atom is -0.461 e. The number of aromatic nitrogens is 4. The Hall–Kier alpha value is -7.44. The highest BCUT2D eigenvalue weighted by Gasteiger charge is 2.31. The lowest BCUT2D eigenvalue weighted by Crippen LogP contribution is -2.20. The van der Waals surface area contributed by atoms with Gasteiger partial charge in [-0.25, -0.2) is 23.5 Å². The molecule has 0 saturated carbocycles. The Kier molecular flexibility index (Phi) is 10.4. The van der Waals surface area contributed by atoms with Gasteiger partial charge in [0.05, 0.1) is 52.9 Å². The third-order valence-corrected chi connectivity index (χ3v) is 9.57. The van der Waals surface area contributed by atoms with E-state index in [1.54, 1.807) is 85.8 Å². The van der Waals surface area contributed by atoms with Crippen molar-refractivity contribution in [3.05, 3.63) is 165 Å². The van der Waals surface area contributed by atoms with Gasteiger partial charge in [-0.15, -0.1) is 12.8 Å². The lowest BCUT2D eigenvalue weighted by Gasteiger charge is -2.13. The molecular formula is C45H35F2N7O3. The van der Waals surface area contributed by atoms with Gasteiger partial charge in [-0.1, -0.05) is 36.1 Å². The highest BCUT2D eigenvalue weighted by molar-refractivity contribution is 6.16. The number of fused-ring (bicyclic) bond motifs is 6. The summed E-state index contributed by atoms with van der Waals surface area (Å²) >= 11 is 0. The predicted octanol–water partition coefficient (Wildman–Crippen LogP) is 7.35. The first-order chi connectivity index (χ1) is 27.6. The fourth-order valence-electron chi connectivity index (χ4n) is 6.98. The molecule has 0 fully saturated rings. The van der Waals surface area contributed by atoms with Gasteiger partial charge in [0, 0.05) is 40.4 Å². The first kappa shape index (κ1) is 37.9. The van der Waals surface area contributed by atoms with E-state index >= 15 is 0 Å². The summed E-state index contributed by atoms with van der Waals surface area (Å²) in [5.74, 6) is 3.66. The van der Waals surface area contributed by atoms with Crippen LogP contribution in [-0.2, 0) is 4.74 Å². The van der Waals surface area contributed by atoms with Crippen molar-refractivity contribution in [2.24, 2.45) is 9.98 Å². The number of halogens is 2. The Balaban J connectivity index is 0.000000174. The molecule has 4 heterocycles. The topological polar surface area (TPSA) is 116 Å². The van der Waals surface area contributed by atoms with Crippen LogP contribution in [0, 0.1) is 36.3 Å². The van der Waals surface area contributed by atoms with Gasteiger partial charge in [0.2, 0.25) is 0 Å². The van der Waals surface area contributed by atoms with Crippen molar-refractivity contribution in [3.63, 3.8) is 0 Å². The molecule has 0 bridgehead atoms. The van der Waals surface area contributed by atoms with Crippen LogP contribution in [-0.4, -0.2) is 56.1 Å². The van der Waals surface area contributed by atoms with Crippen molar-refractivity contribution in [1.82, 2.24) is 24.4 Å². The third kappa shape index (κ3) is 6.90. The summed E-state index contributed by atoms with van der Waals surface area (Å²) in [6.07, 6.45) is 14.3. The average molecular weight is 760 g/mol. The molecule has 4 aromatic carbocycles. The zero-order chi connectivity index (χ0) is 40.4. The van der Waals surface area contributed by atoms with E-state index in [0.717, 1.165) is 5.69 Å². The largest absolute Gasteiger partial charge is 0.461 e. The summed E-state index contributed by atoms with van der Waals surface area (Å²) < 4.78 is 38.0. The zero-order valence-corrected chi connectivity index (χ0v) is 31.4. The number of nitrogens with one attached hydrogen (secondary N) is 1. The summed E-state index contributed by atoms with van der Waals surface area (Å²) in [4.78, 5) is 42.8. The van der Waals surface area contributed by atoms with Crippen molar-refractivity contribution in [2.45, 2.75) is 32.9 Å². The number of ether oxygens (including phenoxy) is 1. The van der Waals surface area contributed by atoms with Gasteiger partial charge in [0.15, 0.2) is 11.4 Å². The number of carbonyl (C=O) groups excluding carboxylic acids is 2. The summed E-state index contributed by atoms with van der Waals surface area (Å²) in [6, 6.07) is 22.9. The maximum absolute atomic E-state index is 14.7. The van der Waals surface area contributed by atoms with Crippen LogP contribution in [0.5, 0.6) is 0 Å². The zero-order valence-electron chi connectivity index (χ0n) is 31.4. The van der Waals surface area contributed by atoms with Crippen LogP contribution >= 0.6 is 0 Å². The number of benzene rings is 4. The SMILES string of the molecule is C#Cc1ccc2c(c1)C(c1ccccc1F)=N[C@H](C)c1c(C(=O)NC)ncn1-2.C#Cc1ccc2c(c1)C(c1ccccc1F)=N[C@H](C)c1c(C(=O)OCC)ncn1-2. The van der Waals surface area contributed by atoms with Gasteiger partial charge in [0.1, 0.15) is 24.3 Å². The Labute approximate surface area is 328 Å². The van der Waals surface area contributed by atoms with Crippen LogP contribution in [0.25, 0.3) is 11.4 Å². The van der Waals surface area contributed by atoms with E-state index in [4.69, 9.17) is 27.6 Å². The van der Waals surface area contributed by atoms with Crippen LogP contribution in [0.15, 0.2) is 108 Å². The molecule has 12 heteroatoms. The van der Waals surface area contributed by atoms with E-state index in [9.17, 15) is 18.4 Å². The standard InChI is InChI=1S/C23H18FN3O2.C22H17FN4O/c1-4-15-10-11-19-17(12-15)20(16-8-6-7-9-18(16)24)26-14(3)22-21(23(28)29-5-2)25-13-27(19)22;1-4-14-9-10-18-16(11-14)19(15-7-5-6-8-17(15)23)26-13(2)21-20(22(28)24-3)25-12-27(18)21/h1,6-14H,5H2,2-3H3;1,5-13H,2-3H3,(H,24,28)/t14-;13-/m11/s1. The second kappa shape index (κ2) is 15.7. The van der Waals surface area contributed by atoms with Gasteiger partial charge in [0.25, 0.3) is 5.91 Å². The normalized spacial score (nSPS) is 14.9. The van der Waals surface area contributed by atoms with Gasteiger partial charge >= 0.3 is 5.97 Å². The number of esters is 1. The molecule has 1 N–H and O–H groups in total. The molecule has 57 heavy (non-hydrogen) atoms. The van der Waals surface area contributed by atoms with E-state index in [-0.39, 0.29) is 29.8 Å². The number of terminal acetylenes is 2. The summed E-state index contributed by atoms with van der Waals surface area (Å²) in [7, 11) is 1.55. The van der Waals surface area contributed by atoms with Crippen LogP contribution in [0.3, 0.4) is 0 Å². The van der Waals surface area contributed by atoms with Crippen LogP contribution < -0.4 is 5.32 Å². The molecule has 10 nitrogen and oxygen atoms in total. The molecule has 2 aliphatic heterocycles. The number of imidazole rings is 2. The van der Waals surface area contributed by atoms with E-state index in [2.05, 4.69) is 27.1 Å². The molecule has 2 aromatic heterocycles. The summed E-state index contributed by atoms with van der Waals surface area (Å²) in [5, 5.41) is 2.60. The molecule has 0 spiro atoms. The maximum atomic E-state index is 14.7. The van der Waals surface area contributed by atoms with E-state index < -0.39 is 18.1 Å². The molecular weight excluding hydrogens is 725 g/mol. The smallest absolute Gasteiger partial charge is 0.358 e. The lowest BCUT2D eigenvalue weighted by atomic mass is 9.98. The third-order valence-electron chi connectivity index (χ3n) is 9.57. The number of carbonyl (C=O) groups is 2. The molecule has 2 atom stereocenters. The molecule has 1 amide bonds. The Morgan fingerprint density at radius 2 is 1.18 bits per heavy atom. The Bertz CT molecular complexity index is 2730. The second-order valence-electron chi connectivity index (χ2n) is 13.0. The molecule has 0 radical (unpaired) electrons. The van der Waals surface area contributed by atoms with Crippen LogP contribution in [0.1, 0.15) is 98.6 Å². The predicted molar refractivity (Wildman–Crippen MR) is 213 cm³/mol. The van der Waals surface area contributed by atoms with E-state index in [1.807, 2.05) is 36.6 Å². The minimum atomic E-state index is -0.514. The number of amides is 1. The van der Waals surface area contributed by atoms with Gasteiger partial charge in [-0.05, 0) is 81.4 Å². The van der Waals surface area contributed by atoms with Crippen molar-refractivity contribution in [3.8, 4) is 36.1 Å². The van der Waals surface area contributed by atoms with Crippen molar-refractivity contribution < 1.29 is 23.1 Å². The Morgan fingerprint density at radius 3 is 1.61 bits per heavy atom. The second-order valence-corrected chi connectivity index (χ2v) is 13.0. The van der Waals surface area contributed by atoms with Crippen molar-refractivity contribution in [2.75, 3.05) is 13.7 Å². The van der Waals surface area contributed by atoms with Crippen LogP contribution in [0.4, 0.5) is 8.78 Å². The molecule has 0 unspecified atom stereocenters. The quantitative estimate of drug-likeness (QED) is 0.146. The molecule has 8 rings (SSSR count). The molecule has 6 aromatic rings. The van der Waals surface area contributed by atoms with Gasteiger partial charge < -0.3 is 10.1 Å². The first-order valence-electron chi connectivity index (χ1n) is 18.0. The number of aliphatic imine (C=N–C) groups is 2. The Morgan fingerprint density at radius 1 is 0.719 bits per heavy atom. The highest BCUT2D eigenvalue weighted by Crippen LogP contribution is 2.35. The summed E-state index contributed by atoms with van der Waals surface area (Å²) in [5.41, 5.74) is 7.55. The number of nitrogens with zero attached hydrogens (tertiary/aromatic N) is 6. The monoisotopic (exact) mass is 759 g/mol. The fourth-order valence-corrected chi connectivity index (χ4v) is 6.98. The minimum absolute atomic E-state index is 0.199. The first-order valence-corrected chi connectivity index (χ1v) is 18.0.